The van der Waals surface area contributed by atoms with Crippen LogP contribution in [0.15, 0.2) is 4.99 Å². The van der Waals surface area contributed by atoms with Crippen LogP contribution < -0.4 is 17.2 Å². The van der Waals surface area contributed by atoms with E-state index in [1.54, 1.807) is 0 Å². The van der Waals surface area contributed by atoms with Gasteiger partial charge in [-0.2, -0.15) is 0 Å². The Labute approximate surface area is 551 Å². The maximum Gasteiger partial charge on any atom is 4.00 e. The summed E-state index contributed by atoms with van der Waals surface area (Å²) >= 11 is 0. The van der Waals surface area contributed by atoms with Gasteiger partial charge in [-0.1, -0.05) is 0 Å². The van der Waals surface area contributed by atoms with Crippen LogP contribution >= 0.6 is 0 Å². The Morgan fingerprint density at radius 3 is 0.523 bits per heavy atom. The zero-order valence-electron chi connectivity index (χ0n) is 32.5. The number of guanidine groups is 1. The average Bonchev–Trinajstić information content (AvgIpc) is 1.97. The molecule has 65 heavy (non-hydrogen) atoms. The number of nitrogens with two attached hydrogens (primary N) is 3. The molecule has 0 aliphatic heterocycles. The van der Waals surface area contributed by atoms with E-state index in [0.717, 1.165) is 0 Å². The number of nitrogens with zero attached hydrogens (tertiary/aromatic N) is 1. The van der Waals surface area contributed by atoms with Crippen molar-refractivity contribution < 1.29 is 487 Å². The number of carboxylic acids is 1. The molecule has 0 bridgehead atoms. The molecule has 0 spiro atoms. The fraction of sp³-hybridized carbons (Fsp3) is 0.667. The third-order valence-electron chi connectivity index (χ3n) is 1.28. The second-order valence-corrected chi connectivity index (χ2v) is 2.39. The van der Waals surface area contributed by atoms with Gasteiger partial charge >= 0.3 is 22.6 Å². The van der Waals surface area contributed by atoms with E-state index >= 15 is 0 Å². The summed E-state index contributed by atoms with van der Waals surface area (Å²) in [6.07, 6.45) is 0.956. The molecule has 0 unspecified atom stereocenters. The van der Waals surface area contributed by atoms with Crippen LogP contribution in [0.25, 0.3) is 0 Å². The molecule has 0 fully saturated rings. The summed E-state index contributed by atoms with van der Waals surface area (Å²) in [5, 5.41) is 8.38. The Bertz CT molecular complexity index is 279. The first-order valence-corrected chi connectivity index (χ1v) is 3.58. The van der Waals surface area contributed by atoms with Crippen molar-refractivity contribution in [3.05, 3.63) is 0 Å². The van der Waals surface area contributed by atoms with Gasteiger partial charge in [0.15, 0.2) is 5.96 Å². The SMILES string of the molecule is NC(N)=NCCC[C@H](N)C(=O)O.[H+].[H+].[H+].[H+].[O-2].[O-2].[O-2].[O-2].[O-2].[O-2].[O-2].[O-2].[O-2].[O-2].[O-2].[O-2].[O-2].[O-2].[O-2].[O-2].[O-2].[O-2].[O-2].[O-2].[O-2].[O-2].[O-2].[O-2].[O-2].[O-2].[O-2].[O-2].[O-2].[O-2].[O-2].[O-2].[O-2].[O-2].[O-2].[O-2].[O-2].[O-2].[O-2].[O-2].[Si+4].[W].[W].[W].[W].[W].[W].[W].[W].[W].[W].[W].[W]. The zero-order valence-corrected chi connectivity index (χ0v) is 64.7. The second-order valence-electron chi connectivity index (χ2n) is 2.39. The van der Waals surface area contributed by atoms with Gasteiger partial charge in [-0.3, -0.25) is 9.79 Å². The Balaban J connectivity index is -0.000000000379. The van der Waals surface area contributed by atoms with Crippen LogP contribution in [-0.2, 0) is 477 Å². The zero-order chi connectivity index (χ0) is 9.56. The number of aliphatic imine (C=N–C) groups is 1. The van der Waals surface area contributed by atoms with Crippen LogP contribution in [0, 0.1) is 0 Å². The summed E-state index contributed by atoms with van der Waals surface area (Å²) in [7, 11) is 0. The van der Waals surface area contributed by atoms with Crippen LogP contribution in [0.1, 0.15) is 18.5 Å². The molecule has 7 N–H and O–H groups in total. The van der Waals surface area contributed by atoms with Crippen LogP contribution in [0.2, 0.25) is 0 Å². The topological polar surface area (TPSA) is 1270 Å². The van der Waals surface area contributed by atoms with Crippen molar-refractivity contribution in [2.45, 2.75) is 18.9 Å². The first-order valence-electron chi connectivity index (χ1n) is 3.58. The monoisotopic (exact) mass is 3050 g/mol. The molecular weight excluding hydrogens is 3030 g/mol. The Kier molecular flexibility index (Phi) is 18100. The number of carbonyl (C=O) groups is 1. The molecule has 0 saturated carbocycles. The van der Waals surface area contributed by atoms with Gasteiger partial charge in [-0.05, 0) is 12.8 Å². The van der Waals surface area contributed by atoms with E-state index in [4.69, 9.17) is 22.3 Å². The van der Waals surface area contributed by atoms with Crippen molar-refractivity contribution in [1.29, 1.82) is 0 Å². The quantitative estimate of drug-likeness (QED) is 0.0901. The normalized spacial score (nSPS) is 2.23. The minimum absolute atomic E-state index is 0. The summed E-state index contributed by atoms with van der Waals surface area (Å²) < 4.78 is 0. The smallest absolute Gasteiger partial charge is 2.00 e. The molecule has 0 amide bonds. The molecule has 462 valence electrons. The minimum Gasteiger partial charge on any atom is -2.00 e. The summed E-state index contributed by atoms with van der Waals surface area (Å²) in [5.74, 6) is -0.987. The standard InChI is InChI=1S/C6H14N4O2.40O.Si.12W/c7-4(5(11)12)2-1-3-10-6(8)9;;;;;;;;;;;;;;;;;;;;;;;;;;;;;;;;;;;;;;;;;;;;;;;;;;;;;/h4H,1-3,7H2,(H,11,12)(H4,8,9,10);;;;;;;;;;;;;;;;;;;;;;;;;;;;;;;;;;;;;;;;;;;;;;;;;;;;;/q;40*-2;+4;;;;;;;;;;;;/p+4/t4-;;;;;;;;;;;;;;;;;;;;;;;;;;;;;;;;;;;;;;;;;;;;;;;;;;;;;/m0...................................................../s1. The molecule has 0 rings (SSSR count). The Morgan fingerprint density at radius 2 is 0.446 bits per heavy atom. The number of carboxylic acid groups (broad SMARTS) is 1. The van der Waals surface area contributed by atoms with Crippen LogP contribution in [-0.4, -0.2) is 40.6 Å². The molecule has 0 radical (unpaired) electrons. The summed E-state index contributed by atoms with van der Waals surface area (Å²) in [5.41, 5.74) is 15.3. The van der Waals surface area contributed by atoms with E-state index in [0.29, 0.717) is 19.4 Å². The number of hydrogen-bond acceptors (Lipinski definition) is 3. The van der Waals surface area contributed by atoms with Crippen LogP contribution in [0.4, 0.5) is 0 Å². The molecule has 46 nitrogen and oxygen atoms in total. The van der Waals surface area contributed by atoms with E-state index in [2.05, 4.69) is 4.99 Å². The van der Waals surface area contributed by atoms with E-state index in [-0.39, 0.29) is 494 Å². The van der Waals surface area contributed by atoms with Crippen LogP contribution in [0.5, 0.6) is 0 Å². The molecule has 0 aliphatic rings. The van der Waals surface area contributed by atoms with E-state index in [9.17, 15) is 4.79 Å². The average molecular weight is 3050 g/mol. The molecule has 0 saturated heterocycles. The number of aliphatic carboxylic acids is 1. The van der Waals surface area contributed by atoms with Gasteiger partial charge in [-0.15, -0.1) is 0 Å². The third-order valence-corrected chi connectivity index (χ3v) is 1.28. The molecule has 1 atom stereocenters. The van der Waals surface area contributed by atoms with Gasteiger partial charge in [0.1, 0.15) is 6.04 Å². The molecule has 0 heterocycles. The molecule has 0 aromatic carbocycles. The number of hydrogen-bond donors (Lipinski definition) is 4. The van der Waals surface area contributed by atoms with Gasteiger partial charge in [0.2, 0.25) is 0 Å². The first-order chi connectivity index (χ1) is 5.54. The van der Waals surface area contributed by atoms with Crippen molar-refractivity contribution in [2.75, 3.05) is 6.54 Å². The van der Waals surface area contributed by atoms with Crippen molar-refractivity contribution in [1.82, 2.24) is 0 Å². The predicted molar refractivity (Wildman–Crippen MR) is 83.2 cm³/mol. The van der Waals surface area contributed by atoms with Gasteiger partial charge in [0.25, 0.3) is 0 Å². The Morgan fingerprint density at radius 1 is 0.338 bits per heavy atom. The van der Waals surface area contributed by atoms with E-state index in [1.807, 2.05) is 0 Å². The maximum absolute atomic E-state index is 10.2. The van der Waals surface area contributed by atoms with Crippen molar-refractivity contribution >= 4 is 22.9 Å². The summed E-state index contributed by atoms with van der Waals surface area (Å²) in [6.45, 7) is 0.420. The number of rotatable bonds is 5. The largest absolute Gasteiger partial charge is 4.00 e. The third kappa shape index (κ3) is 1160. The van der Waals surface area contributed by atoms with Gasteiger partial charge in [0.05, 0.1) is 0 Å². The first kappa shape index (κ1) is 1240. The van der Waals surface area contributed by atoms with Crippen molar-refractivity contribution in [3.63, 3.8) is 0 Å². The predicted octanol–water partition coefficient (Wildman–Crippen LogP) is -6.26. The van der Waals surface area contributed by atoms with Gasteiger partial charge in [0, 0.05) is 259 Å². The molecule has 0 aromatic heterocycles. The molecule has 0 aliphatic carbocycles. The second kappa shape index (κ2) is 948. The summed E-state index contributed by atoms with van der Waals surface area (Å²) in [6, 6.07) is -0.820. The van der Waals surface area contributed by atoms with Crippen molar-refractivity contribution in [2.24, 2.45) is 22.2 Å². The van der Waals surface area contributed by atoms with Gasteiger partial charge in [-0.25, -0.2) is 0 Å². The fourth-order valence-electron chi connectivity index (χ4n) is 0.643. The Hall–Kier alpha value is 5.58. The van der Waals surface area contributed by atoms with E-state index < -0.39 is 12.0 Å². The van der Waals surface area contributed by atoms with Crippen molar-refractivity contribution in [3.8, 4) is 0 Å². The van der Waals surface area contributed by atoms with E-state index in [1.165, 1.54) is 0 Å². The summed E-state index contributed by atoms with van der Waals surface area (Å²) in [4.78, 5) is 13.9. The fourth-order valence-corrected chi connectivity index (χ4v) is 0.643. The minimum atomic E-state index is -1.00. The maximum atomic E-state index is 10.2. The molecule has 59 heteroatoms. The van der Waals surface area contributed by atoms with Crippen LogP contribution in [0.3, 0.4) is 0 Å². The van der Waals surface area contributed by atoms with Gasteiger partial charge < -0.3 is 241 Å². The molecule has 0 aromatic rings. The molecular formula is C6H18N4O42SiW12-72.